The quantitative estimate of drug-likeness (QED) is 0.343. The molecule has 0 radical (unpaired) electrons. The summed E-state index contributed by atoms with van der Waals surface area (Å²) < 4.78 is 5.63. The van der Waals surface area contributed by atoms with E-state index in [0.717, 1.165) is 31.2 Å². The first-order chi connectivity index (χ1) is 17.4. The Hall–Kier alpha value is -3.62. The maximum absolute atomic E-state index is 13.7. The van der Waals surface area contributed by atoms with Crippen molar-refractivity contribution in [1.82, 2.24) is 23.1 Å². The van der Waals surface area contributed by atoms with Gasteiger partial charge in [-0.25, -0.2) is 9.20 Å². The Bertz CT molecular complexity index is 1540. The molecule has 192 valence electrons. The third kappa shape index (κ3) is 4.50. The maximum atomic E-state index is 13.7. The molecule has 0 aliphatic carbocycles. The van der Waals surface area contributed by atoms with Crippen LogP contribution in [-0.2, 0) is 26.1 Å². The van der Waals surface area contributed by atoms with Crippen molar-refractivity contribution in [2.45, 2.75) is 85.4 Å². The number of imidazole rings is 1. The van der Waals surface area contributed by atoms with Crippen LogP contribution in [-0.4, -0.2) is 28.2 Å². The number of aromatic nitrogens is 5. The summed E-state index contributed by atoms with van der Waals surface area (Å²) in [7, 11) is 0. The van der Waals surface area contributed by atoms with Gasteiger partial charge >= 0.3 is 5.69 Å². The number of nitrogens with zero attached hydrogens (tertiary/aromatic N) is 5. The Labute approximate surface area is 209 Å². The summed E-state index contributed by atoms with van der Waals surface area (Å²) in [5, 5.41) is 11.2. The van der Waals surface area contributed by atoms with Crippen LogP contribution in [0.15, 0.2) is 44.7 Å². The fraction of sp³-hybridized carbons (Fsp3) is 0.481. The van der Waals surface area contributed by atoms with E-state index in [4.69, 9.17) is 0 Å². The molecule has 0 aliphatic heterocycles. The largest absolute Gasteiger partial charge is 0.494 e. The number of hydrogen-bond donors (Lipinski definition) is 1. The van der Waals surface area contributed by atoms with Crippen LogP contribution in [0.5, 0.6) is 5.88 Å². The molecule has 0 bridgehead atoms. The molecule has 9 heteroatoms. The fourth-order valence-electron chi connectivity index (χ4n) is 4.60. The highest BCUT2D eigenvalue weighted by Gasteiger charge is 2.25. The Morgan fingerprint density at radius 3 is 2.08 bits per heavy atom. The molecule has 36 heavy (non-hydrogen) atoms. The van der Waals surface area contributed by atoms with Gasteiger partial charge in [-0.15, -0.1) is 0 Å². The smallest absolute Gasteiger partial charge is 0.332 e. The van der Waals surface area contributed by atoms with Crippen molar-refractivity contribution < 1.29 is 5.11 Å². The summed E-state index contributed by atoms with van der Waals surface area (Å²) >= 11 is 0. The van der Waals surface area contributed by atoms with Crippen molar-refractivity contribution in [3.05, 3.63) is 72.7 Å². The zero-order valence-electron chi connectivity index (χ0n) is 21.4. The van der Waals surface area contributed by atoms with Gasteiger partial charge in [-0.05, 0) is 31.2 Å². The molecule has 1 N–H and O–H groups in total. The minimum atomic E-state index is -0.515. The van der Waals surface area contributed by atoms with Gasteiger partial charge in [-0.1, -0.05) is 70.4 Å². The topological polar surface area (TPSA) is 104 Å². The third-order valence-corrected chi connectivity index (χ3v) is 6.67. The van der Waals surface area contributed by atoms with E-state index in [9.17, 15) is 19.5 Å². The monoisotopic (exact) mass is 493 g/mol. The van der Waals surface area contributed by atoms with Crippen LogP contribution in [0.3, 0.4) is 0 Å². The third-order valence-electron chi connectivity index (χ3n) is 6.67. The maximum Gasteiger partial charge on any atom is 0.332 e. The van der Waals surface area contributed by atoms with Crippen LogP contribution in [0.25, 0.3) is 16.9 Å². The summed E-state index contributed by atoms with van der Waals surface area (Å²) in [6.07, 6.45) is 5.03. The fourth-order valence-corrected chi connectivity index (χ4v) is 4.60. The van der Waals surface area contributed by atoms with Gasteiger partial charge in [0.05, 0.1) is 12.1 Å². The lowest BCUT2D eigenvalue weighted by atomic mass is 10.1. The van der Waals surface area contributed by atoms with Gasteiger partial charge in [0, 0.05) is 13.1 Å². The first kappa shape index (κ1) is 25.5. The van der Waals surface area contributed by atoms with E-state index in [1.807, 2.05) is 51.1 Å². The predicted octanol–water partition coefficient (Wildman–Crippen LogP) is 3.67. The lowest BCUT2D eigenvalue weighted by Gasteiger charge is -2.14. The van der Waals surface area contributed by atoms with Crippen LogP contribution in [0.4, 0.5) is 0 Å². The van der Waals surface area contributed by atoms with Gasteiger partial charge in [0.2, 0.25) is 11.7 Å². The molecule has 4 rings (SSSR count). The number of benzene rings is 1. The van der Waals surface area contributed by atoms with Gasteiger partial charge in [-0.3, -0.25) is 23.3 Å². The van der Waals surface area contributed by atoms with Crippen molar-refractivity contribution in [1.29, 1.82) is 0 Å². The second kappa shape index (κ2) is 11.0. The molecule has 0 fully saturated rings. The van der Waals surface area contributed by atoms with Crippen LogP contribution < -0.4 is 16.8 Å². The summed E-state index contributed by atoms with van der Waals surface area (Å²) in [6.45, 7) is 6.98. The Kier molecular flexibility index (Phi) is 7.76. The Morgan fingerprint density at radius 2 is 1.44 bits per heavy atom. The molecule has 0 saturated carbocycles. The lowest BCUT2D eigenvalue weighted by Crippen LogP contribution is -2.41. The molecule has 0 atom stereocenters. The number of aryl methyl sites for hydroxylation is 1. The van der Waals surface area contributed by atoms with E-state index < -0.39 is 16.8 Å². The molecule has 0 spiro atoms. The van der Waals surface area contributed by atoms with E-state index in [1.54, 1.807) is 4.57 Å². The van der Waals surface area contributed by atoms with Crippen LogP contribution in [0.1, 0.15) is 70.4 Å². The average molecular weight is 494 g/mol. The van der Waals surface area contributed by atoms with E-state index >= 15 is 0 Å². The molecule has 1 aromatic carbocycles. The first-order valence-electron chi connectivity index (χ1n) is 13.0. The molecule has 0 saturated heterocycles. The Morgan fingerprint density at radius 1 is 0.806 bits per heavy atom. The van der Waals surface area contributed by atoms with Gasteiger partial charge < -0.3 is 5.11 Å². The van der Waals surface area contributed by atoms with Crippen LogP contribution in [0.2, 0.25) is 0 Å². The molecule has 0 amide bonds. The van der Waals surface area contributed by atoms with Crippen LogP contribution >= 0.6 is 0 Å². The minimum Gasteiger partial charge on any atom is -0.494 e. The molecule has 4 aromatic rings. The highest BCUT2D eigenvalue weighted by Crippen LogP contribution is 2.23. The highest BCUT2D eigenvalue weighted by atomic mass is 16.3. The molecule has 0 aliphatic rings. The van der Waals surface area contributed by atoms with Crippen molar-refractivity contribution >= 4 is 16.9 Å². The number of fused-ring (bicyclic) bond motifs is 3. The van der Waals surface area contributed by atoms with Crippen LogP contribution in [0, 0.1) is 0 Å². The average Bonchev–Trinajstić information content (AvgIpc) is 3.28. The van der Waals surface area contributed by atoms with Crippen molar-refractivity contribution in [2.75, 3.05) is 0 Å². The summed E-state index contributed by atoms with van der Waals surface area (Å²) in [5.41, 5.74) is 0.0802. The standard InChI is InChI=1S/C27H35N5O4/c1-4-7-15-20-23(33)31(18-19-13-11-10-12-14-19)26-28-22-21(32(26)24(20)34)25(35)30(17-9-6-3)27(36)29(22)16-8-5-2/h10-14,33H,4-9,15-18H2,1-3H3. The molecule has 9 nitrogen and oxygen atoms in total. The highest BCUT2D eigenvalue weighted by molar-refractivity contribution is 5.75. The van der Waals surface area contributed by atoms with Crippen molar-refractivity contribution in [2.24, 2.45) is 0 Å². The molecule has 3 aromatic heterocycles. The van der Waals surface area contributed by atoms with Crippen molar-refractivity contribution in [3.8, 4) is 5.88 Å². The normalized spacial score (nSPS) is 11.6. The van der Waals surface area contributed by atoms with E-state index in [0.29, 0.717) is 25.8 Å². The SMILES string of the molecule is CCCCc1c(O)n(Cc2ccccc2)c2nc3c(c(=O)n(CCCC)c(=O)n3CCCC)n2c1=O. The summed E-state index contributed by atoms with van der Waals surface area (Å²) in [5.74, 6) is 0.0143. The molecule has 3 heterocycles. The number of aromatic hydroxyl groups is 1. The summed E-state index contributed by atoms with van der Waals surface area (Å²) in [6, 6.07) is 9.57. The van der Waals surface area contributed by atoms with Crippen molar-refractivity contribution in [3.63, 3.8) is 0 Å². The summed E-state index contributed by atoms with van der Waals surface area (Å²) in [4.78, 5) is 45.4. The van der Waals surface area contributed by atoms with Gasteiger partial charge in [0.1, 0.15) is 0 Å². The van der Waals surface area contributed by atoms with Gasteiger partial charge in [0.25, 0.3) is 11.1 Å². The second-order valence-electron chi connectivity index (χ2n) is 9.30. The molecular formula is C27H35N5O4. The second-order valence-corrected chi connectivity index (χ2v) is 9.30. The predicted molar refractivity (Wildman–Crippen MR) is 141 cm³/mol. The minimum absolute atomic E-state index is 0.0985. The Balaban J connectivity index is 2.14. The number of rotatable bonds is 11. The van der Waals surface area contributed by atoms with E-state index in [2.05, 4.69) is 4.98 Å². The first-order valence-corrected chi connectivity index (χ1v) is 13.0. The van der Waals surface area contributed by atoms with Gasteiger partial charge in [0.15, 0.2) is 11.2 Å². The van der Waals surface area contributed by atoms with E-state index in [1.165, 1.54) is 13.5 Å². The number of hydrogen-bond acceptors (Lipinski definition) is 5. The molecule has 0 unspecified atom stereocenters. The van der Waals surface area contributed by atoms with E-state index in [-0.39, 0.29) is 41.5 Å². The lowest BCUT2D eigenvalue weighted by molar-refractivity contribution is 0.410. The zero-order chi connectivity index (χ0) is 25.8. The van der Waals surface area contributed by atoms with Gasteiger partial charge in [-0.2, -0.15) is 4.98 Å². The number of unbranched alkanes of at least 4 members (excludes halogenated alkanes) is 3. The zero-order valence-corrected chi connectivity index (χ0v) is 21.4. The molecular weight excluding hydrogens is 458 g/mol.